The van der Waals surface area contributed by atoms with E-state index in [9.17, 15) is 4.79 Å². The van der Waals surface area contributed by atoms with Crippen LogP contribution in [0.2, 0.25) is 0 Å². The highest BCUT2D eigenvalue weighted by molar-refractivity contribution is 7.07. The first-order chi connectivity index (χ1) is 8.29. The third-order valence-corrected chi connectivity index (χ3v) is 4.26. The predicted molar refractivity (Wildman–Crippen MR) is 78.2 cm³/mol. The summed E-state index contributed by atoms with van der Waals surface area (Å²) >= 11 is 1.68. The van der Waals surface area contributed by atoms with E-state index in [2.05, 4.69) is 22.1 Å². The molecule has 2 atom stereocenters. The molecule has 1 aromatic rings. The fraction of sp³-hybridized carbons (Fsp3) is 0.615. The molecule has 1 saturated carbocycles. The van der Waals surface area contributed by atoms with Gasteiger partial charge in [0.25, 0.3) is 0 Å². The van der Waals surface area contributed by atoms with E-state index in [1.165, 1.54) is 12.0 Å². The number of nitrogens with one attached hydrogen (secondary N) is 1. The van der Waals surface area contributed by atoms with Crippen molar-refractivity contribution in [1.29, 1.82) is 0 Å². The van der Waals surface area contributed by atoms with Crippen LogP contribution in [-0.4, -0.2) is 18.5 Å². The molecule has 1 fully saturated rings. The molecule has 0 aromatic carbocycles. The van der Waals surface area contributed by atoms with Crippen molar-refractivity contribution in [2.24, 2.45) is 11.7 Å². The molecule has 3 N–H and O–H groups in total. The quantitative estimate of drug-likeness (QED) is 0.874. The van der Waals surface area contributed by atoms with E-state index in [1.807, 2.05) is 0 Å². The summed E-state index contributed by atoms with van der Waals surface area (Å²) < 4.78 is 0. The van der Waals surface area contributed by atoms with E-state index in [1.54, 1.807) is 11.3 Å². The standard InChI is InChI=1S/C13H20N2OS.ClH/c14-8-11-2-1-3-12(11)15-13(16)5-4-10-6-7-17-9-10;/h6-7,9,11-12H,1-5,8,14H2,(H,15,16);1H. The average Bonchev–Trinajstić information content (AvgIpc) is 2.97. The maximum Gasteiger partial charge on any atom is 0.220 e. The summed E-state index contributed by atoms with van der Waals surface area (Å²) in [6, 6.07) is 2.39. The molecule has 0 radical (unpaired) electrons. The number of carbonyl (C=O) groups excluding carboxylic acids is 1. The summed E-state index contributed by atoms with van der Waals surface area (Å²) in [5.41, 5.74) is 6.96. The van der Waals surface area contributed by atoms with Crippen LogP contribution in [0.4, 0.5) is 0 Å². The summed E-state index contributed by atoms with van der Waals surface area (Å²) in [7, 11) is 0. The van der Waals surface area contributed by atoms with Crippen LogP contribution in [0, 0.1) is 5.92 Å². The maximum atomic E-state index is 11.8. The van der Waals surface area contributed by atoms with E-state index in [-0.39, 0.29) is 18.3 Å². The molecule has 5 heteroatoms. The Morgan fingerprint density at radius 2 is 2.33 bits per heavy atom. The molecule has 18 heavy (non-hydrogen) atoms. The minimum atomic E-state index is 0. The number of aryl methyl sites for hydroxylation is 1. The molecule has 0 spiro atoms. The van der Waals surface area contributed by atoms with Gasteiger partial charge >= 0.3 is 0 Å². The Labute approximate surface area is 119 Å². The number of amides is 1. The van der Waals surface area contributed by atoms with E-state index >= 15 is 0 Å². The van der Waals surface area contributed by atoms with Gasteiger partial charge in [0, 0.05) is 12.5 Å². The van der Waals surface area contributed by atoms with Crippen molar-refractivity contribution >= 4 is 29.7 Å². The zero-order valence-electron chi connectivity index (χ0n) is 10.4. The van der Waals surface area contributed by atoms with Crippen molar-refractivity contribution in [2.75, 3.05) is 6.54 Å². The number of thiophene rings is 1. The van der Waals surface area contributed by atoms with Crippen LogP contribution < -0.4 is 11.1 Å². The molecule has 1 heterocycles. The lowest BCUT2D eigenvalue weighted by molar-refractivity contribution is -0.122. The highest BCUT2D eigenvalue weighted by atomic mass is 35.5. The van der Waals surface area contributed by atoms with Crippen LogP contribution >= 0.6 is 23.7 Å². The lowest BCUT2D eigenvalue weighted by Gasteiger charge is -2.19. The zero-order chi connectivity index (χ0) is 12.1. The number of halogens is 1. The second kappa shape index (κ2) is 7.77. The average molecular weight is 289 g/mol. The van der Waals surface area contributed by atoms with Gasteiger partial charge in [-0.3, -0.25) is 4.79 Å². The summed E-state index contributed by atoms with van der Waals surface area (Å²) in [6.45, 7) is 0.690. The Kier molecular flexibility index (Phi) is 6.68. The van der Waals surface area contributed by atoms with Gasteiger partial charge in [-0.05, 0) is 54.1 Å². The normalized spacial score (nSPS) is 22.5. The Hall–Kier alpha value is -0.580. The first kappa shape index (κ1) is 15.5. The molecule has 102 valence electrons. The second-order valence-electron chi connectivity index (χ2n) is 4.73. The van der Waals surface area contributed by atoms with Crippen LogP contribution in [0.25, 0.3) is 0 Å². The lowest BCUT2D eigenvalue weighted by atomic mass is 10.0. The van der Waals surface area contributed by atoms with Crippen LogP contribution in [0.1, 0.15) is 31.2 Å². The van der Waals surface area contributed by atoms with E-state index in [0.717, 1.165) is 19.3 Å². The molecule has 1 amide bonds. The minimum absolute atomic E-state index is 0. The summed E-state index contributed by atoms with van der Waals surface area (Å²) in [5, 5.41) is 7.28. The summed E-state index contributed by atoms with van der Waals surface area (Å²) in [5.74, 6) is 0.654. The van der Waals surface area contributed by atoms with Crippen LogP contribution in [0.5, 0.6) is 0 Å². The Balaban J connectivity index is 0.00000162. The number of carbonyl (C=O) groups is 1. The van der Waals surface area contributed by atoms with Crippen molar-refractivity contribution < 1.29 is 4.79 Å². The molecular weight excluding hydrogens is 268 g/mol. The number of nitrogens with two attached hydrogens (primary N) is 1. The number of hydrogen-bond donors (Lipinski definition) is 2. The monoisotopic (exact) mass is 288 g/mol. The summed E-state index contributed by atoms with van der Waals surface area (Å²) in [4.78, 5) is 11.8. The first-order valence-corrected chi connectivity index (χ1v) is 7.24. The fourth-order valence-electron chi connectivity index (χ4n) is 2.48. The molecule has 1 aromatic heterocycles. The molecule has 3 nitrogen and oxygen atoms in total. The maximum absolute atomic E-state index is 11.8. The van der Waals surface area contributed by atoms with Gasteiger partial charge in [-0.2, -0.15) is 11.3 Å². The van der Waals surface area contributed by atoms with E-state index < -0.39 is 0 Å². The van der Waals surface area contributed by atoms with Gasteiger partial charge < -0.3 is 11.1 Å². The van der Waals surface area contributed by atoms with Crippen LogP contribution in [0.3, 0.4) is 0 Å². The van der Waals surface area contributed by atoms with Crippen LogP contribution in [0.15, 0.2) is 16.8 Å². The third-order valence-electron chi connectivity index (χ3n) is 3.53. The third kappa shape index (κ3) is 4.26. The number of hydrogen-bond acceptors (Lipinski definition) is 3. The van der Waals surface area contributed by atoms with Gasteiger partial charge in [0.1, 0.15) is 0 Å². The van der Waals surface area contributed by atoms with E-state index in [0.29, 0.717) is 24.9 Å². The Morgan fingerprint density at radius 1 is 1.50 bits per heavy atom. The van der Waals surface area contributed by atoms with Gasteiger partial charge in [0.15, 0.2) is 0 Å². The largest absolute Gasteiger partial charge is 0.353 e. The van der Waals surface area contributed by atoms with Crippen molar-refractivity contribution in [3.05, 3.63) is 22.4 Å². The van der Waals surface area contributed by atoms with E-state index in [4.69, 9.17) is 5.73 Å². The zero-order valence-corrected chi connectivity index (χ0v) is 12.1. The van der Waals surface area contributed by atoms with Crippen molar-refractivity contribution in [3.63, 3.8) is 0 Å². The van der Waals surface area contributed by atoms with Gasteiger partial charge in [-0.1, -0.05) is 6.42 Å². The van der Waals surface area contributed by atoms with Gasteiger partial charge in [-0.15, -0.1) is 12.4 Å². The molecule has 1 aliphatic rings. The molecule has 0 bridgehead atoms. The minimum Gasteiger partial charge on any atom is -0.353 e. The highest BCUT2D eigenvalue weighted by Crippen LogP contribution is 2.24. The number of rotatable bonds is 5. The topological polar surface area (TPSA) is 55.1 Å². The fourth-order valence-corrected chi connectivity index (χ4v) is 3.18. The van der Waals surface area contributed by atoms with Crippen molar-refractivity contribution in [1.82, 2.24) is 5.32 Å². The van der Waals surface area contributed by atoms with Gasteiger partial charge in [0.05, 0.1) is 0 Å². The van der Waals surface area contributed by atoms with Gasteiger partial charge in [0.2, 0.25) is 5.91 Å². The molecule has 0 aliphatic heterocycles. The predicted octanol–water partition coefficient (Wildman–Crippen LogP) is 2.35. The second-order valence-corrected chi connectivity index (χ2v) is 5.51. The molecule has 2 unspecified atom stereocenters. The highest BCUT2D eigenvalue weighted by Gasteiger charge is 2.26. The smallest absolute Gasteiger partial charge is 0.220 e. The molecule has 2 rings (SSSR count). The lowest BCUT2D eigenvalue weighted by Crippen LogP contribution is -2.39. The molecule has 1 aliphatic carbocycles. The van der Waals surface area contributed by atoms with Gasteiger partial charge in [-0.25, -0.2) is 0 Å². The Morgan fingerprint density at radius 3 is 3.00 bits per heavy atom. The van der Waals surface area contributed by atoms with Crippen molar-refractivity contribution in [2.45, 2.75) is 38.1 Å². The SMILES string of the molecule is Cl.NCC1CCCC1NC(=O)CCc1ccsc1. The first-order valence-electron chi connectivity index (χ1n) is 6.30. The van der Waals surface area contributed by atoms with Crippen LogP contribution in [-0.2, 0) is 11.2 Å². The molecule has 0 saturated heterocycles. The van der Waals surface area contributed by atoms with Crippen molar-refractivity contribution in [3.8, 4) is 0 Å². The molecular formula is C13H21ClN2OS. The Bertz CT molecular complexity index is 356. The summed E-state index contributed by atoms with van der Waals surface area (Å²) in [6.07, 6.45) is 4.87.